The van der Waals surface area contributed by atoms with Gasteiger partial charge in [-0.3, -0.25) is 4.79 Å². The van der Waals surface area contributed by atoms with E-state index < -0.39 is 0 Å². The Morgan fingerprint density at radius 1 is 1.25 bits per heavy atom. The third-order valence-corrected chi connectivity index (χ3v) is 4.59. The van der Waals surface area contributed by atoms with Gasteiger partial charge in [0.2, 0.25) is 5.89 Å². The fourth-order valence-corrected chi connectivity index (χ4v) is 3.14. The largest absolute Gasteiger partial charge is 0.399 e. The smallest absolute Gasteiger partial charge is 0.253 e. The van der Waals surface area contributed by atoms with E-state index in [0.29, 0.717) is 23.7 Å². The number of anilines is 1. The molecule has 1 unspecified atom stereocenters. The van der Waals surface area contributed by atoms with Gasteiger partial charge < -0.3 is 15.2 Å². The van der Waals surface area contributed by atoms with Crippen molar-refractivity contribution in [1.29, 1.82) is 0 Å². The lowest BCUT2D eigenvalue weighted by molar-refractivity contribution is 0.0703. The van der Waals surface area contributed by atoms with Crippen molar-refractivity contribution in [3.8, 4) is 0 Å². The number of nitrogen functional groups attached to an aromatic ring is 1. The first kappa shape index (κ1) is 16.8. The van der Waals surface area contributed by atoms with Gasteiger partial charge in [0.15, 0.2) is 5.82 Å². The number of nitrogens with two attached hydrogens (primary N) is 1. The van der Waals surface area contributed by atoms with Gasteiger partial charge in [0.25, 0.3) is 5.91 Å². The molecule has 0 bridgehead atoms. The molecule has 6 nitrogen and oxygen atoms in total. The Kier molecular flexibility index (Phi) is 4.76. The lowest BCUT2D eigenvalue weighted by Gasteiger charge is -2.31. The molecule has 2 heterocycles. The van der Waals surface area contributed by atoms with Crippen LogP contribution in [0.1, 0.15) is 59.6 Å². The third-order valence-electron chi connectivity index (χ3n) is 4.59. The Bertz CT molecular complexity index is 729. The number of halogens is 1. The van der Waals surface area contributed by atoms with Crippen LogP contribution in [-0.2, 0) is 0 Å². The number of carbonyl (C=O) groups excluding carboxylic acids is 1. The van der Waals surface area contributed by atoms with E-state index in [1.165, 1.54) is 0 Å². The number of amides is 1. The van der Waals surface area contributed by atoms with E-state index in [2.05, 4.69) is 10.1 Å². The zero-order chi connectivity index (χ0) is 15.8. The van der Waals surface area contributed by atoms with Gasteiger partial charge in [0.1, 0.15) is 0 Å². The number of likely N-dealkylation sites (tertiary alicyclic amines) is 1. The number of rotatable bonds is 3. The second kappa shape index (κ2) is 6.81. The first-order valence-corrected chi connectivity index (χ1v) is 8.19. The average molecular weight is 349 g/mol. The summed E-state index contributed by atoms with van der Waals surface area (Å²) in [5, 5.41) is 4.14. The number of piperidine rings is 1. The third kappa shape index (κ3) is 3.38. The van der Waals surface area contributed by atoms with Crippen molar-refractivity contribution < 1.29 is 9.32 Å². The molecule has 1 atom stereocenters. The van der Waals surface area contributed by atoms with Crippen LogP contribution < -0.4 is 5.73 Å². The summed E-state index contributed by atoms with van der Waals surface area (Å²) in [6.45, 7) is 1.40. The van der Waals surface area contributed by atoms with Crippen LogP contribution in [0, 0.1) is 0 Å². The molecule has 1 saturated heterocycles. The van der Waals surface area contributed by atoms with Gasteiger partial charge in [-0.2, -0.15) is 4.98 Å². The summed E-state index contributed by atoms with van der Waals surface area (Å²) in [5.74, 6) is 2.15. The van der Waals surface area contributed by atoms with Crippen molar-refractivity contribution in [2.75, 3.05) is 18.8 Å². The van der Waals surface area contributed by atoms with Crippen molar-refractivity contribution in [3.05, 3.63) is 41.5 Å². The van der Waals surface area contributed by atoms with Gasteiger partial charge in [0.05, 0.1) is 0 Å². The maximum atomic E-state index is 12.7. The van der Waals surface area contributed by atoms with E-state index >= 15 is 0 Å². The highest BCUT2D eigenvalue weighted by Gasteiger charge is 2.33. The second-order valence-corrected chi connectivity index (χ2v) is 6.48. The minimum atomic E-state index is 0. The summed E-state index contributed by atoms with van der Waals surface area (Å²) >= 11 is 0. The molecule has 1 aromatic carbocycles. The fraction of sp³-hybridized carbons (Fsp3) is 0.471. The second-order valence-electron chi connectivity index (χ2n) is 6.48. The summed E-state index contributed by atoms with van der Waals surface area (Å²) in [6, 6.07) is 7.13. The van der Waals surface area contributed by atoms with Crippen molar-refractivity contribution >= 4 is 24.0 Å². The standard InChI is InChI=1S/C17H20N4O2.ClH/c18-14-5-1-3-12(9-14)17(22)21-8-2-4-13(10-21)15-19-16(23-20-15)11-6-7-11;/h1,3,5,9,11,13H,2,4,6-8,10,18H2;1H. The summed E-state index contributed by atoms with van der Waals surface area (Å²) in [5.41, 5.74) is 7.02. The molecule has 4 rings (SSSR count). The number of nitrogens with zero attached hydrogens (tertiary/aromatic N) is 3. The first-order chi connectivity index (χ1) is 11.2. The molecule has 24 heavy (non-hydrogen) atoms. The molecule has 2 aromatic rings. The Labute approximate surface area is 146 Å². The van der Waals surface area contributed by atoms with Gasteiger partial charge in [-0.15, -0.1) is 12.4 Å². The Balaban J connectivity index is 0.00000169. The molecule has 1 aliphatic heterocycles. The first-order valence-electron chi connectivity index (χ1n) is 8.19. The molecule has 0 spiro atoms. The van der Waals surface area contributed by atoms with Crippen LogP contribution in [0.25, 0.3) is 0 Å². The molecule has 1 amide bonds. The summed E-state index contributed by atoms with van der Waals surface area (Å²) in [7, 11) is 0. The van der Waals surface area contributed by atoms with Gasteiger partial charge in [-0.1, -0.05) is 11.2 Å². The van der Waals surface area contributed by atoms with Crippen molar-refractivity contribution in [1.82, 2.24) is 15.0 Å². The summed E-state index contributed by atoms with van der Waals surface area (Å²) in [4.78, 5) is 19.1. The lowest BCUT2D eigenvalue weighted by atomic mass is 9.96. The molecule has 1 saturated carbocycles. The predicted molar refractivity (Wildman–Crippen MR) is 92.3 cm³/mol. The highest BCUT2D eigenvalue weighted by molar-refractivity contribution is 5.95. The molecular formula is C17H21ClN4O2. The number of hydrogen-bond acceptors (Lipinski definition) is 5. The number of carbonyl (C=O) groups is 1. The fourth-order valence-electron chi connectivity index (χ4n) is 3.14. The molecule has 2 aliphatic rings. The molecule has 2 N–H and O–H groups in total. The SMILES string of the molecule is Cl.Nc1cccc(C(=O)N2CCCC(c3noc(C4CC4)n3)C2)c1. The monoisotopic (exact) mass is 348 g/mol. The number of hydrogen-bond donors (Lipinski definition) is 1. The van der Waals surface area contributed by atoms with Crippen LogP contribution in [-0.4, -0.2) is 34.0 Å². The average Bonchev–Trinajstić information content (AvgIpc) is 3.31. The molecule has 0 radical (unpaired) electrons. The van der Waals surface area contributed by atoms with Gasteiger partial charge in [-0.05, 0) is 43.9 Å². The van der Waals surface area contributed by atoms with Crippen molar-refractivity contribution in [3.63, 3.8) is 0 Å². The topological polar surface area (TPSA) is 85.3 Å². The van der Waals surface area contributed by atoms with Crippen LogP contribution in [0.5, 0.6) is 0 Å². The molecule has 7 heteroatoms. The Hall–Kier alpha value is -2.08. The molecule has 128 valence electrons. The minimum Gasteiger partial charge on any atom is -0.399 e. The molecule has 1 aromatic heterocycles. The zero-order valence-electron chi connectivity index (χ0n) is 13.4. The predicted octanol–water partition coefficient (Wildman–Crippen LogP) is 2.97. The zero-order valence-corrected chi connectivity index (χ0v) is 14.2. The maximum Gasteiger partial charge on any atom is 0.253 e. The number of benzene rings is 1. The van der Waals surface area contributed by atoms with E-state index in [-0.39, 0.29) is 24.2 Å². The van der Waals surface area contributed by atoms with Crippen molar-refractivity contribution in [2.24, 2.45) is 0 Å². The van der Waals surface area contributed by atoms with Crippen molar-refractivity contribution in [2.45, 2.75) is 37.5 Å². The van der Waals surface area contributed by atoms with E-state index in [4.69, 9.17) is 10.3 Å². The van der Waals surface area contributed by atoms with Crippen LogP contribution in [0.2, 0.25) is 0 Å². The van der Waals surface area contributed by atoms with E-state index in [1.54, 1.807) is 12.1 Å². The summed E-state index contributed by atoms with van der Waals surface area (Å²) in [6.07, 6.45) is 4.23. The van der Waals surface area contributed by atoms with Gasteiger partial charge in [-0.25, -0.2) is 0 Å². The van der Waals surface area contributed by atoms with Gasteiger partial charge >= 0.3 is 0 Å². The summed E-state index contributed by atoms with van der Waals surface area (Å²) < 4.78 is 5.36. The molecule has 2 fully saturated rings. The highest BCUT2D eigenvalue weighted by atomic mass is 35.5. The van der Waals surface area contributed by atoms with Gasteiger partial charge in [0, 0.05) is 36.2 Å². The van der Waals surface area contributed by atoms with Crippen LogP contribution in [0.15, 0.2) is 28.8 Å². The Morgan fingerprint density at radius 3 is 2.83 bits per heavy atom. The Morgan fingerprint density at radius 2 is 2.08 bits per heavy atom. The molecular weight excluding hydrogens is 328 g/mol. The van der Waals surface area contributed by atoms with E-state index in [1.807, 2.05) is 17.0 Å². The maximum absolute atomic E-state index is 12.7. The minimum absolute atomic E-state index is 0. The van der Waals surface area contributed by atoms with Crippen LogP contribution >= 0.6 is 12.4 Å². The van der Waals surface area contributed by atoms with Crippen LogP contribution in [0.4, 0.5) is 5.69 Å². The lowest BCUT2D eigenvalue weighted by Crippen LogP contribution is -2.39. The quantitative estimate of drug-likeness (QED) is 0.862. The van der Waals surface area contributed by atoms with E-state index in [9.17, 15) is 4.79 Å². The van der Waals surface area contributed by atoms with E-state index in [0.717, 1.165) is 43.9 Å². The number of aromatic nitrogens is 2. The highest BCUT2D eigenvalue weighted by Crippen LogP contribution is 2.39. The normalized spacial score (nSPS) is 20.5. The van der Waals surface area contributed by atoms with Crippen LogP contribution in [0.3, 0.4) is 0 Å². The molecule has 1 aliphatic carbocycles.